The van der Waals surface area contributed by atoms with Crippen LogP contribution in [0, 0.1) is 22.7 Å². The van der Waals surface area contributed by atoms with E-state index in [1.54, 1.807) is 6.08 Å². The quantitative estimate of drug-likeness (QED) is 0.181. The van der Waals surface area contributed by atoms with E-state index in [9.17, 15) is 10.1 Å². The molecule has 6 nitrogen and oxygen atoms in total. The first-order valence-electron chi connectivity index (χ1n) is 12.9. The largest absolute Gasteiger partial charge is 0.458 e. The number of nitriles is 1. The third-order valence-corrected chi connectivity index (χ3v) is 12.9. The smallest absolute Gasteiger partial charge is 0.303 e. The second-order valence-electron chi connectivity index (χ2n) is 10.3. The Bertz CT molecular complexity index is 789. The van der Waals surface area contributed by atoms with Gasteiger partial charge in [-0.05, 0) is 63.7 Å². The van der Waals surface area contributed by atoms with Gasteiger partial charge < -0.3 is 18.6 Å². The molecule has 34 heavy (non-hydrogen) atoms. The fourth-order valence-corrected chi connectivity index (χ4v) is 8.56. The van der Waals surface area contributed by atoms with E-state index in [1.165, 1.54) is 18.1 Å². The SMILES string of the molecule is C=C[C@H](OC(C)=O)[C@@]1(CCC#N)CCC([C@@H]2COC(C)(C)O2)=C(C)[C@@H]1CO[Si](CC)(CC)CC. The Labute approximate surface area is 207 Å². The summed E-state index contributed by atoms with van der Waals surface area (Å²) >= 11 is 0. The van der Waals surface area contributed by atoms with E-state index in [1.807, 2.05) is 13.8 Å². The summed E-state index contributed by atoms with van der Waals surface area (Å²) in [6.45, 7) is 19.3. The second-order valence-corrected chi connectivity index (χ2v) is 15.1. The summed E-state index contributed by atoms with van der Waals surface area (Å²) in [5.41, 5.74) is 2.04. The minimum absolute atomic E-state index is 0.00390. The summed E-state index contributed by atoms with van der Waals surface area (Å²) in [4.78, 5) is 12.1. The van der Waals surface area contributed by atoms with Gasteiger partial charge in [-0.2, -0.15) is 5.26 Å². The molecule has 0 bridgehead atoms. The van der Waals surface area contributed by atoms with Gasteiger partial charge in [0.05, 0.1) is 12.7 Å². The number of carbonyl (C=O) groups excluding carboxylic acids is 1. The van der Waals surface area contributed by atoms with Gasteiger partial charge in [0, 0.05) is 31.3 Å². The van der Waals surface area contributed by atoms with Crippen LogP contribution in [0.15, 0.2) is 23.8 Å². The summed E-state index contributed by atoms with van der Waals surface area (Å²) in [7, 11) is -1.86. The van der Waals surface area contributed by atoms with Gasteiger partial charge in [-0.1, -0.05) is 39.0 Å². The zero-order valence-corrected chi connectivity index (χ0v) is 23.4. The van der Waals surface area contributed by atoms with Crippen LogP contribution in [0.3, 0.4) is 0 Å². The first kappa shape index (κ1) is 28.8. The number of hydrogen-bond donors (Lipinski definition) is 0. The molecule has 0 spiro atoms. The topological polar surface area (TPSA) is 77.8 Å². The van der Waals surface area contributed by atoms with Gasteiger partial charge in [0.25, 0.3) is 0 Å². The molecule has 2 rings (SSSR count). The van der Waals surface area contributed by atoms with Crippen molar-refractivity contribution >= 4 is 14.3 Å². The molecule has 0 radical (unpaired) electrons. The van der Waals surface area contributed by atoms with Crippen LogP contribution >= 0.6 is 0 Å². The van der Waals surface area contributed by atoms with Gasteiger partial charge in [-0.25, -0.2) is 0 Å². The summed E-state index contributed by atoms with van der Waals surface area (Å²) < 4.78 is 24.8. The van der Waals surface area contributed by atoms with Crippen LogP contribution in [0.2, 0.25) is 18.1 Å². The van der Waals surface area contributed by atoms with Crippen molar-refractivity contribution in [2.24, 2.45) is 11.3 Å². The highest BCUT2D eigenvalue weighted by molar-refractivity contribution is 6.73. The Morgan fingerprint density at radius 1 is 1.32 bits per heavy atom. The van der Waals surface area contributed by atoms with Gasteiger partial charge in [-0.3, -0.25) is 4.79 Å². The first-order valence-corrected chi connectivity index (χ1v) is 15.4. The van der Waals surface area contributed by atoms with Crippen LogP contribution in [-0.2, 0) is 23.4 Å². The lowest BCUT2D eigenvalue weighted by Gasteiger charge is -2.50. The van der Waals surface area contributed by atoms with E-state index in [2.05, 4.69) is 40.3 Å². The molecule has 0 aromatic carbocycles. The van der Waals surface area contributed by atoms with Crippen molar-refractivity contribution in [3.63, 3.8) is 0 Å². The Hall–Kier alpha value is -1.46. The predicted octanol–water partition coefficient (Wildman–Crippen LogP) is 6.29. The molecule has 0 amide bonds. The number of ether oxygens (including phenoxy) is 3. The maximum atomic E-state index is 12.1. The van der Waals surface area contributed by atoms with Gasteiger partial charge in [0.2, 0.25) is 0 Å². The summed E-state index contributed by atoms with van der Waals surface area (Å²) in [5, 5.41) is 9.50. The van der Waals surface area contributed by atoms with Crippen molar-refractivity contribution in [2.75, 3.05) is 13.2 Å². The van der Waals surface area contributed by atoms with Gasteiger partial charge in [-0.15, -0.1) is 0 Å². The maximum absolute atomic E-state index is 12.1. The lowest BCUT2D eigenvalue weighted by Crippen LogP contribution is -2.50. The number of esters is 1. The molecule has 2 aliphatic rings. The minimum Gasteiger partial charge on any atom is -0.458 e. The van der Waals surface area contributed by atoms with Crippen LogP contribution in [0.1, 0.15) is 74.1 Å². The molecule has 1 fully saturated rings. The molecular weight excluding hydrogens is 446 g/mol. The molecule has 0 aromatic rings. The molecule has 1 aliphatic heterocycles. The summed E-state index contributed by atoms with van der Waals surface area (Å²) in [6.07, 6.45) is 3.76. The van der Waals surface area contributed by atoms with Crippen LogP contribution < -0.4 is 0 Å². The Kier molecular flexibility index (Phi) is 10.1. The van der Waals surface area contributed by atoms with Gasteiger partial charge >= 0.3 is 5.97 Å². The molecule has 7 heteroatoms. The van der Waals surface area contributed by atoms with E-state index in [4.69, 9.17) is 18.6 Å². The fourth-order valence-electron chi connectivity index (χ4n) is 5.92. The van der Waals surface area contributed by atoms with E-state index >= 15 is 0 Å². The molecule has 192 valence electrons. The van der Waals surface area contributed by atoms with E-state index in [0.29, 0.717) is 26.1 Å². The molecule has 1 aliphatic carbocycles. The third-order valence-electron chi connectivity index (χ3n) is 8.25. The highest BCUT2D eigenvalue weighted by Crippen LogP contribution is 2.53. The van der Waals surface area contributed by atoms with E-state index < -0.39 is 25.6 Å². The fraction of sp³-hybridized carbons (Fsp3) is 0.778. The minimum atomic E-state index is -1.86. The molecular formula is C27H45NO5Si. The lowest BCUT2D eigenvalue weighted by molar-refractivity contribution is -0.154. The van der Waals surface area contributed by atoms with Crippen molar-refractivity contribution in [1.29, 1.82) is 5.26 Å². The zero-order valence-electron chi connectivity index (χ0n) is 22.4. The van der Waals surface area contributed by atoms with E-state index in [-0.39, 0.29) is 18.0 Å². The molecule has 1 heterocycles. The van der Waals surface area contributed by atoms with Crippen LogP contribution in [0.4, 0.5) is 0 Å². The van der Waals surface area contributed by atoms with Crippen molar-refractivity contribution in [1.82, 2.24) is 0 Å². The molecule has 0 aromatic heterocycles. The number of hydrogen-bond acceptors (Lipinski definition) is 6. The van der Waals surface area contributed by atoms with Crippen molar-refractivity contribution in [3.8, 4) is 6.07 Å². The number of nitrogens with zero attached hydrogens (tertiary/aromatic N) is 1. The van der Waals surface area contributed by atoms with Crippen molar-refractivity contribution in [2.45, 2.75) is 110 Å². The highest BCUT2D eigenvalue weighted by Gasteiger charge is 2.51. The first-order chi connectivity index (χ1) is 16.0. The molecule has 0 unspecified atom stereocenters. The van der Waals surface area contributed by atoms with Crippen LogP contribution in [0.25, 0.3) is 0 Å². The average molecular weight is 492 g/mol. The lowest BCUT2D eigenvalue weighted by atomic mass is 9.59. The normalized spacial score (nSPS) is 27.8. The Balaban J connectivity index is 2.56. The highest BCUT2D eigenvalue weighted by atomic mass is 28.4. The van der Waals surface area contributed by atoms with Gasteiger partial charge in [0.15, 0.2) is 14.1 Å². The molecule has 1 saturated heterocycles. The van der Waals surface area contributed by atoms with Crippen LogP contribution in [-0.4, -0.2) is 45.5 Å². The molecule has 4 atom stereocenters. The van der Waals surface area contributed by atoms with Gasteiger partial charge in [0.1, 0.15) is 12.2 Å². The van der Waals surface area contributed by atoms with Crippen molar-refractivity contribution in [3.05, 3.63) is 23.8 Å². The van der Waals surface area contributed by atoms with Crippen LogP contribution in [0.5, 0.6) is 0 Å². The standard InChI is InChI=1S/C27H45NO5Si/c1-9-25(32-21(6)29)27(15-13-17-28)16-14-22(24-19-30-26(7,8)33-24)20(5)23(27)18-31-34(10-2,11-3)12-4/h9,23-25H,1,10-16,18-19H2,2-8H3/t23-,24-,25-,27-/m0/s1. The second kappa shape index (κ2) is 12.0. The van der Waals surface area contributed by atoms with Crippen molar-refractivity contribution < 1.29 is 23.4 Å². The number of rotatable bonds is 12. The van der Waals surface area contributed by atoms with E-state index in [0.717, 1.165) is 31.0 Å². The summed E-state index contributed by atoms with van der Waals surface area (Å²) in [5.74, 6) is -0.937. The number of carbonyl (C=O) groups is 1. The monoisotopic (exact) mass is 491 g/mol. The average Bonchev–Trinajstić information content (AvgIpc) is 3.17. The maximum Gasteiger partial charge on any atom is 0.303 e. The molecule has 0 saturated carbocycles. The molecule has 0 N–H and O–H groups in total. The summed E-state index contributed by atoms with van der Waals surface area (Å²) in [6, 6.07) is 5.52. The zero-order chi connectivity index (χ0) is 25.6. The third kappa shape index (κ3) is 6.20. The Morgan fingerprint density at radius 2 is 1.97 bits per heavy atom. The Morgan fingerprint density at radius 3 is 2.44 bits per heavy atom. The predicted molar refractivity (Wildman–Crippen MR) is 137 cm³/mol.